The Morgan fingerprint density at radius 2 is 2.10 bits per heavy atom. The third-order valence-corrected chi connectivity index (χ3v) is 3.47. The van der Waals surface area contributed by atoms with E-state index in [1.165, 1.54) is 19.2 Å². The second kappa shape index (κ2) is 7.21. The average molecular weight is 303 g/mol. The first kappa shape index (κ1) is 16.4. The molecule has 3 amide bonds. The van der Waals surface area contributed by atoms with Crippen molar-refractivity contribution in [3.63, 3.8) is 0 Å². The van der Waals surface area contributed by atoms with Crippen LogP contribution in [0.5, 0.6) is 0 Å². The normalized spacial score (nSPS) is 13.4. The fourth-order valence-electron chi connectivity index (χ4n) is 1.64. The highest BCUT2D eigenvalue weighted by molar-refractivity contribution is 6.31. The number of imide groups is 1. The van der Waals surface area contributed by atoms with E-state index in [1.807, 2.05) is 0 Å². The summed E-state index contributed by atoms with van der Waals surface area (Å²) < 4.78 is 13.7. The van der Waals surface area contributed by atoms with Crippen molar-refractivity contribution in [1.82, 2.24) is 10.6 Å². The number of carbonyl (C=O) groups excluding carboxylic acids is 2. The van der Waals surface area contributed by atoms with E-state index in [0.717, 1.165) is 4.90 Å². The predicted molar refractivity (Wildman–Crippen MR) is 74.1 cm³/mol. The number of hydrogen-bond donors (Lipinski definition) is 3. The van der Waals surface area contributed by atoms with Crippen LogP contribution in [0.1, 0.15) is 12.5 Å². The summed E-state index contributed by atoms with van der Waals surface area (Å²) in [7, 11) is 3.15. The SMILES string of the molecule is CNC(=O)NC(=O)[C@@H](C)[NH+](C)Cc1c(F)cccc1Cl. The Labute approximate surface area is 122 Å². The van der Waals surface area contributed by atoms with Gasteiger partial charge in [-0.05, 0) is 19.1 Å². The number of amides is 3. The van der Waals surface area contributed by atoms with Gasteiger partial charge in [-0.25, -0.2) is 9.18 Å². The van der Waals surface area contributed by atoms with Crippen LogP contribution in [0.15, 0.2) is 18.2 Å². The van der Waals surface area contributed by atoms with Gasteiger partial charge in [0.1, 0.15) is 12.4 Å². The summed E-state index contributed by atoms with van der Waals surface area (Å²) in [6.07, 6.45) is 0. The van der Waals surface area contributed by atoms with Crippen molar-refractivity contribution < 1.29 is 18.9 Å². The number of hydrogen-bond acceptors (Lipinski definition) is 2. The molecule has 0 fully saturated rings. The molecule has 0 aliphatic heterocycles. The third kappa shape index (κ3) is 4.18. The van der Waals surface area contributed by atoms with Crippen LogP contribution in [-0.4, -0.2) is 32.1 Å². The topological polar surface area (TPSA) is 62.6 Å². The largest absolute Gasteiger partial charge is 0.341 e. The maximum atomic E-state index is 13.7. The minimum atomic E-state index is -0.571. The summed E-state index contributed by atoms with van der Waals surface area (Å²) in [6, 6.07) is 3.35. The zero-order valence-corrected chi connectivity index (χ0v) is 12.3. The number of rotatable bonds is 4. The van der Waals surface area contributed by atoms with Gasteiger partial charge in [-0.3, -0.25) is 10.1 Å². The summed E-state index contributed by atoms with van der Waals surface area (Å²) in [5.41, 5.74) is 0.353. The van der Waals surface area contributed by atoms with Crippen LogP contribution in [0.25, 0.3) is 0 Å². The van der Waals surface area contributed by atoms with Crippen molar-refractivity contribution in [1.29, 1.82) is 0 Å². The van der Waals surface area contributed by atoms with Gasteiger partial charge in [0.25, 0.3) is 5.91 Å². The Morgan fingerprint density at radius 3 is 2.65 bits per heavy atom. The molecule has 5 nitrogen and oxygen atoms in total. The number of carbonyl (C=O) groups is 2. The van der Waals surface area contributed by atoms with Crippen LogP contribution >= 0.6 is 11.6 Å². The van der Waals surface area contributed by atoms with Gasteiger partial charge in [0.15, 0.2) is 6.04 Å². The van der Waals surface area contributed by atoms with Gasteiger partial charge in [0.2, 0.25) is 0 Å². The van der Waals surface area contributed by atoms with Crippen molar-refractivity contribution in [3.8, 4) is 0 Å². The van der Waals surface area contributed by atoms with Crippen LogP contribution in [-0.2, 0) is 11.3 Å². The molecule has 7 heteroatoms. The molecule has 0 aliphatic rings. The molecule has 110 valence electrons. The zero-order valence-electron chi connectivity index (χ0n) is 11.6. The van der Waals surface area contributed by atoms with Gasteiger partial charge in [0.05, 0.1) is 17.6 Å². The fraction of sp³-hybridized carbons (Fsp3) is 0.385. The van der Waals surface area contributed by atoms with Crippen molar-refractivity contribution in [2.24, 2.45) is 0 Å². The third-order valence-electron chi connectivity index (χ3n) is 3.11. The van der Waals surface area contributed by atoms with Crippen molar-refractivity contribution in [2.75, 3.05) is 14.1 Å². The van der Waals surface area contributed by atoms with Gasteiger partial charge in [-0.1, -0.05) is 17.7 Å². The van der Waals surface area contributed by atoms with Crippen LogP contribution in [0, 0.1) is 5.82 Å². The number of benzene rings is 1. The smallest absolute Gasteiger partial charge is 0.321 e. The summed E-state index contributed by atoms with van der Waals surface area (Å²) in [6.45, 7) is 1.90. The number of likely N-dealkylation sites (N-methyl/N-ethyl adjacent to an activating group) is 1. The Bertz CT molecular complexity index is 490. The first-order valence-corrected chi connectivity index (χ1v) is 6.52. The van der Waals surface area contributed by atoms with Crippen molar-refractivity contribution in [2.45, 2.75) is 19.5 Å². The highest BCUT2D eigenvalue weighted by Gasteiger charge is 2.25. The Hall–Kier alpha value is -1.66. The molecule has 0 radical (unpaired) electrons. The molecule has 1 unspecified atom stereocenters. The maximum Gasteiger partial charge on any atom is 0.321 e. The monoisotopic (exact) mass is 302 g/mol. The summed E-state index contributed by atoms with van der Waals surface area (Å²) in [5, 5.41) is 4.81. The van der Waals surface area contributed by atoms with Crippen LogP contribution in [0.4, 0.5) is 9.18 Å². The molecule has 0 saturated carbocycles. The summed E-state index contributed by atoms with van der Waals surface area (Å²) >= 11 is 5.95. The molecule has 0 bridgehead atoms. The molecule has 0 aromatic heterocycles. The number of nitrogens with one attached hydrogen (secondary N) is 3. The van der Waals surface area contributed by atoms with E-state index < -0.39 is 23.8 Å². The summed E-state index contributed by atoms with van der Waals surface area (Å²) in [5.74, 6) is -0.843. The van der Waals surface area contributed by atoms with E-state index in [-0.39, 0.29) is 6.54 Å². The van der Waals surface area contributed by atoms with Gasteiger partial charge >= 0.3 is 6.03 Å². The molecule has 20 heavy (non-hydrogen) atoms. The van der Waals surface area contributed by atoms with E-state index in [9.17, 15) is 14.0 Å². The predicted octanol–water partition coefficient (Wildman–Crippen LogP) is 0.338. The molecule has 1 aromatic rings. The Balaban J connectivity index is 2.73. The highest BCUT2D eigenvalue weighted by atomic mass is 35.5. The first-order valence-electron chi connectivity index (χ1n) is 6.14. The molecule has 0 saturated heterocycles. The standard InChI is InChI=1S/C13H17ClFN3O2/c1-8(12(19)17-13(20)16-2)18(3)7-9-10(14)5-4-6-11(9)15/h4-6,8H,7H2,1-3H3,(H2,16,17,19,20)/p+1/t8-/m1/s1. The van der Waals surface area contributed by atoms with E-state index >= 15 is 0 Å². The van der Waals surface area contributed by atoms with Gasteiger partial charge in [-0.2, -0.15) is 0 Å². The van der Waals surface area contributed by atoms with Crippen LogP contribution in [0.3, 0.4) is 0 Å². The lowest BCUT2D eigenvalue weighted by Crippen LogP contribution is -3.12. The molecule has 0 aliphatic carbocycles. The average Bonchev–Trinajstić information content (AvgIpc) is 2.41. The molecule has 1 aromatic carbocycles. The Kier molecular flexibility index (Phi) is 5.91. The molecular weight excluding hydrogens is 285 g/mol. The summed E-state index contributed by atoms with van der Waals surface area (Å²) in [4.78, 5) is 23.6. The maximum absolute atomic E-state index is 13.7. The lowest BCUT2D eigenvalue weighted by molar-refractivity contribution is -0.908. The second-order valence-corrected chi connectivity index (χ2v) is 4.92. The molecule has 2 atom stereocenters. The van der Waals surface area contributed by atoms with Gasteiger partial charge < -0.3 is 10.2 Å². The molecule has 3 N–H and O–H groups in total. The minimum Gasteiger partial charge on any atom is -0.341 e. The van der Waals surface area contributed by atoms with Gasteiger partial charge in [0, 0.05) is 7.05 Å². The van der Waals surface area contributed by atoms with E-state index in [2.05, 4.69) is 10.6 Å². The van der Waals surface area contributed by atoms with E-state index in [0.29, 0.717) is 10.6 Å². The number of halogens is 2. The second-order valence-electron chi connectivity index (χ2n) is 4.51. The first-order chi connectivity index (χ1) is 9.36. The Morgan fingerprint density at radius 1 is 1.45 bits per heavy atom. The molecule has 1 rings (SSSR count). The lowest BCUT2D eigenvalue weighted by atomic mass is 10.1. The molecule has 0 heterocycles. The zero-order chi connectivity index (χ0) is 15.3. The quantitative estimate of drug-likeness (QED) is 0.751. The van der Waals surface area contributed by atoms with Crippen LogP contribution in [0.2, 0.25) is 5.02 Å². The van der Waals surface area contributed by atoms with Crippen molar-refractivity contribution >= 4 is 23.5 Å². The number of urea groups is 1. The van der Waals surface area contributed by atoms with E-state index in [4.69, 9.17) is 11.6 Å². The molecule has 0 spiro atoms. The van der Waals surface area contributed by atoms with Gasteiger partial charge in [-0.15, -0.1) is 0 Å². The van der Waals surface area contributed by atoms with E-state index in [1.54, 1.807) is 20.0 Å². The van der Waals surface area contributed by atoms with Crippen molar-refractivity contribution in [3.05, 3.63) is 34.6 Å². The molecular formula is C13H18ClFN3O2+. The van der Waals surface area contributed by atoms with Crippen LogP contribution < -0.4 is 15.5 Å². The lowest BCUT2D eigenvalue weighted by Gasteiger charge is -2.21. The number of quaternary nitrogens is 1. The minimum absolute atomic E-state index is 0.244. The fourth-order valence-corrected chi connectivity index (χ4v) is 1.87. The highest BCUT2D eigenvalue weighted by Crippen LogP contribution is 2.17.